The molecule has 0 aliphatic carbocycles. The van der Waals surface area contributed by atoms with Crippen LogP contribution in [0.4, 0.5) is 5.69 Å². The van der Waals surface area contributed by atoms with E-state index < -0.39 is 11.4 Å². The average molecular weight is 351 g/mol. The van der Waals surface area contributed by atoms with Crippen LogP contribution >= 0.6 is 0 Å². The lowest BCUT2D eigenvalue weighted by Crippen LogP contribution is -2.47. The Bertz CT molecular complexity index is 891. The molecule has 4 rings (SSSR count). The summed E-state index contributed by atoms with van der Waals surface area (Å²) < 4.78 is 5.73. The second-order valence-electron chi connectivity index (χ2n) is 7.17. The summed E-state index contributed by atoms with van der Waals surface area (Å²) in [6.45, 7) is 3.12. The third kappa shape index (κ3) is 2.64. The van der Waals surface area contributed by atoms with Gasteiger partial charge in [0.1, 0.15) is 5.75 Å². The van der Waals surface area contributed by atoms with Gasteiger partial charge in [0.05, 0.1) is 18.4 Å². The van der Waals surface area contributed by atoms with E-state index in [0.29, 0.717) is 25.1 Å². The lowest BCUT2D eigenvalue weighted by Gasteiger charge is -2.37. The first kappa shape index (κ1) is 16.6. The fraction of sp³-hybridized carbons (Fsp3) is 0.333. The smallest absolute Gasteiger partial charge is 0.307 e. The van der Waals surface area contributed by atoms with E-state index >= 15 is 0 Å². The Morgan fingerprint density at radius 3 is 2.85 bits per heavy atom. The predicted molar refractivity (Wildman–Crippen MR) is 97.7 cm³/mol. The molecule has 1 amide bonds. The Morgan fingerprint density at radius 2 is 2.04 bits per heavy atom. The molecule has 0 spiro atoms. The van der Waals surface area contributed by atoms with Crippen LogP contribution in [0.5, 0.6) is 5.75 Å². The molecule has 1 atom stereocenters. The van der Waals surface area contributed by atoms with E-state index in [4.69, 9.17) is 9.84 Å². The van der Waals surface area contributed by atoms with Gasteiger partial charge in [-0.15, -0.1) is 0 Å². The van der Waals surface area contributed by atoms with Gasteiger partial charge >= 0.3 is 5.97 Å². The highest BCUT2D eigenvalue weighted by Gasteiger charge is 2.44. The Kier molecular flexibility index (Phi) is 3.94. The number of benzene rings is 2. The molecular formula is C21H21NO4. The number of anilines is 1. The molecule has 0 saturated carbocycles. The summed E-state index contributed by atoms with van der Waals surface area (Å²) in [5.74, 6) is -0.0423. The van der Waals surface area contributed by atoms with Gasteiger partial charge in [-0.05, 0) is 43.0 Å². The van der Waals surface area contributed by atoms with Gasteiger partial charge in [-0.3, -0.25) is 9.59 Å². The normalized spacial score (nSPS) is 20.9. The Balaban J connectivity index is 1.70. The molecule has 0 aromatic heterocycles. The molecule has 0 radical (unpaired) electrons. The summed E-state index contributed by atoms with van der Waals surface area (Å²) in [4.78, 5) is 26.4. The van der Waals surface area contributed by atoms with Gasteiger partial charge in [0.2, 0.25) is 5.91 Å². The van der Waals surface area contributed by atoms with Gasteiger partial charge < -0.3 is 14.7 Å². The molecule has 0 fully saturated rings. The lowest BCUT2D eigenvalue weighted by atomic mass is 9.76. The van der Waals surface area contributed by atoms with Crippen molar-refractivity contribution in [1.82, 2.24) is 0 Å². The maximum absolute atomic E-state index is 13.5. The van der Waals surface area contributed by atoms with Crippen LogP contribution in [0.15, 0.2) is 42.5 Å². The van der Waals surface area contributed by atoms with Crippen LogP contribution in [0.25, 0.3) is 0 Å². The summed E-state index contributed by atoms with van der Waals surface area (Å²) in [5, 5.41) is 9.05. The monoisotopic (exact) mass is 351 g/mol. The Hall–Kier alpha value is -2.82. The number of carboxylic acid groups (broad SMARTS) is 1. The second-order valence-corrected chi connectivity index (χ2v) is 7.17. The van der Waals surface area contributed by atoms with E-state index in [0.717, 1.165) is 29.0 Å². The molecule has 1 unspecified atom stereocenters. The van der Waals surface area contributed by atoms with Crippen molar-refractivity contribution in [1.29, 1.82) is 0 Å². The number of nitrogens with zero attached hydrogens (tertiary/aromatic N) is 1. The maximum atomic E-state index is 13.5. The summed E-state index contributed by atoms with van der Waals surface area (Å²) in [6, 6.07) is 13.4. The van der Waals surface area contributed by atoms with Crippen molar-refractivity contribution < 1.29 is 19.4 Å². The van der Waals surface area contributed by atoms with Crippen LogP contribution in [-0.4, -0.2) is 30.1 Å². The third-order valence-corrected chi connectivity index (χ3v) is 5.46. The fourth-order valence-electron chi connectivity index (χ4n) is 3.99. The number of amides is 1. The first-order chi connectivity index (χ1) is 12.5. The van der Waals surface area contributed by atoms with Crippen molar-refractivity contribution in [3.63, 3.8) is 0 Å². The molecular weight excluding hydrogens is 330 g/mol. The zero-order valence-electron chi connectivity index (χ0n) is 14.7. The number of rotatable bonds is 3. The van der Waals surface area contributed by atoms with Crippen molar-refractivity contribution in [2.24, 2.45) is 0 Å². The fourth-order valence-corrected chi connectivity index (χ4v) is 3.99. The summed E-state index contributed by atoms with van der Waals surface area (Å²) in [7, 11) is 0. The SMILES string of the molecule is CC1(C(=O)N2CCc3ccc(CC(=O)O)cc32)CCOc2ccccc21. The summed E-state index contributed by atoms with van der Waals surface area (Å²) >= 11 is 0. The molecule has 0 saturated heterocycles. The minimum Gasteiger partial charge on any atom is -0.493 e. The van der Waals surface area contributed by atoms with E-state index in [1.807, 2.05) is 54.3 Å². The van der Waals surface area contributed by atoms with Gasteiger partial charge in [0.15, 0.2) is 0 Å². The van der Waals surface area contributed by atoms with E-state index in [1.165, 1.54) is 0 Å². The maximum Gasteiger partial charge on any atom is 0.307 e. The van der Waals surface area contributed by atoms with Crippen molar-refractivity contribution in [3.05, 3.63) is 59.2 Å². The van der Waals surface area contributed by atoms with Gasteiger partial charge in [-0.1, -0.05) is 30.3 Å². The molecule has 2 aliphatic rings. The second kappa shape index (κ2) is 6.16. The minimum absolute atomic E-state index is 0.0384. The van der Waals surface area contributed by atoms with E-state index in [-0.39, 0.29) is 12.3 Å². The standard InChI is InChI=1S/C21H21NO4/c1-21(9-11-26-18-5-3-2-4-16(18)21)20(25)22-10-8-15-7-6-14(12-17(15)22)13-19(23)24/h2-7,12H,8-11,13H2,1H3,(H,23,24). The number of carboxylic acids is 1. The van der Waals surface area contributed by atoms with Crippen LogP contribution in [0.3, 0.4) is 0 Å². The summed E-state index contributed by atoms with van der Waals surface area (Å²) in [5.41, 5.74) is 2.94. The predicted octanol–water partition coefficient (Wildman–Crippen LogP) is 2.94. The van der Waals surface area contributed by atoms with Crippen molar-refractivity contribution in [3.8, 4) is 5.75 Å². The van der Waals surface area contributed by atoms with Crippen LogP contribution in [-0.2, 0) is 27.8 Å². The first-order valence-corrected chi connectivity index (χ1v) is 8.87. The zero-order chi connectivity index (χ0) is 18.3. The molecule has 5 heteroatoms. The molecule has 0 bridgehead atoms. The van der Waals surface area contributed by atoms with Crippen LogP contribution in [0, 0.1) is 0 Å². The molecule has 2 aromatic carbocycles. The lowest BCUT2D eigenvalue weighted by molar-refractivity contribution is -0.136. The number of hydrogen-bond acceptors (Lipinski definition) is 3. The highest BCUT2D eigenvalue weighted by atomic mass is 16.5. The molecule has 1 N–H and O–H groups in total. The number of ether oxygens (including phenoxy) is 1. The number of carbonyl (C=O) groups excluding carboxylic acids is 1. The topological polar surface area (TPSA) is 66.8 Å². The molecule has 5 nitrogen and oxygen atoms in total. The quantitative estimate of drug-likeness (QED) is 0.923. The Labute approximate surface area is 152 Å². The van der Waals surface area contributed by atoms with Gasteiger partial charge in [-0.25, -0.2) is 0 Å². The van der Waals surface area contributed by atoms with E-state index in [2.05, 4.69) is 0 Å². The number of aliphatic carboxylic acids is 1. The third-order valence-electron chi connectivity index (χ3n) is 5.46. The summed E-state index contributed by atoms with van der Waals surface area (Å²) in [6.07, 6.45) is 1.38. The highest BCUT2D eigenvalue weighted by molar-refractivity contribution is 6.03. The van der Waals surface area contributed by atoms with E-state index in [1.54, 1.807) is 0 Å². The van der Waals surface area contributed by atoms with Crippen molar-refractivity contribution in [2.45, 2.75) is 31.6 Å². The van der Waals surface area contributed by atoms with E-state index in [9.17, 15) is 9.59 Å². The average Bonchev–Trinajstić information content (AvgIpc) is 3.04. The van der Waals surface area contributed by atoms with Crippen molar-refractivity contribution in [2.75, 3.05) is 18.1 Å². The number of fused-ring (bicyclic) bond motifs is 2. The van der Waals surface area contributed by atoms with Crippen LogP contribution in [0.2, 0.25) is 0 Å². The largest absolute Gasteiger partial charge is 0.493 e. The molecule has 134 valence electrons. The zero-order valence-corrected chi connectivity index (χ0v) is 14.7. The number of para-hydroxylation sites is 1. The highest BCUT2D eigenvalue weighted by Crippen LogP contribution is 2.42. The van der Waals surface area contributed by atoms with Gasteiger partial charge in [0.25, 0.3) is 0 Å². The van der Waals surface area contributed by atoms with Crippen LogP contribution in [0.1, 0.15) is 30.0 Å². The minimum atomic E-state index is -0.869. The first-order valence-electron chi connectivity index (χ1n) is 8.87. The van der Waals surface area contributed by atoms with Crippen molar-refractivity contribution >= 4 is 17.6 Å². The molecule has 2 aliphatic heterocycles. The molecule has 2 aromatic rings. The molecule has 2 heterocycles. The number of hydrogen-bond donors (Lipinski definition) is 1. The van der Waals surface area contributed by atoms with Gasteiger partial charge in [-0.2, -0.15) is 0 Å². The number of carbonyl (C=O) groups is 2. The molecule has 26 heavy (non-hydrogen) atoms. The Morgan fingerprint density at radius 1 is 1.23 bits per heavy atom. The van der Waals surface area contributed by atoms with Gasteiger partial charge in [0, 0.05) is 17.8 Å². The van der Waals surface area contributed by atoms with Crippen LogP contribution < -0.4 is 9.64 Å².